The number of ether oxygens (including phenoxy) is 2. The zero-order valence-corrected chi connectivity index (χ0v) is 16.6. The van der Waals surface area contributed by atoms with Crippen molar-refractivity contribution in [2.24, 2.45) is 11.3 Å². The molecule has 6 heteroatoms. The molecule has 0 saturated carbocycles. The van der Waals surface area contributed by atoms with Gasteiger partial charge in [-0.2, -0.15) is 0 Å². The van der Waals surface area contributed by atoms with Crippen molar-refractivity contribution < 1.29 is 29.3 Å². The van der Waals surface area contributed by atoms with Crippen molar-refractivity contribution in [3.05, 3.63) is 23.8 Å². The van der Waals surface area contributed by atoms with Gasteiger partial charge in [0.1, 0.15) is 6.29 Å². The minimum Gasteiger partial charge on any atom is -0.452 e. The Bertz CT molecular complexity index is 563. The molecular weight excluding hydrogens is 336 g/mol. The maximum atomic E-state index is 11.6. The van der Waals surface area contributed by atoms with Crippen molar-refractivity contribution in [2.45, 2.75) is 78.5 Å². The second kappa shape index (κ2) is 8.93. The Hall–Kier alpha value is -1.50. The molecule has 1 aliphatic rings. The molecule has 148 valence electrons. The standard InChI is InChI=1S/C20H32O6/c1-7-15-11-16(12-17(23)13(2)3)26-20(24,18(15)25-14(4)22)19(5,6)9-8-10-21/h7-10,13,16-18,23-24H,11-12H2,1-6H3/b9-8+,15-7+/t16-,17+,18?,20+/m0/s1. The van der Waals surface area contributed by atoms with E-state index in [9.17, 15) is 19.8 Å². The van der Waals surface area contributed by atoms with Crippen LogP contribution in [0.4, 0.5) is 0 Å². The monoisotopic (exact) mass is 368 g/mol. The number of hydrogen-bond donors (Lipinski definition) is 2. The molecule has 0 aromatic heterocycles. The number of allylic oxidation sites excluding steroid dienone is 2. The summed E-state index contributed by atoms with van der Waals surface area (Å²) < 4.78 is 11.4. The maximum Gasteiger partial charge on any atom is 0.303 e. The fourth-order valence-electron chi connectivity index (χ4n) is 3.13. The van der Waals surface area contributed by atoms with E-state index < -0.39 is 35.5 Å². The lowest BCUT2D eigenvalue weighted by atomic mass is 9.74. The average molecular weight is 368 g/mol. The lowest BCUT2D eigenvalue weighted by Crippen LogP contribution is -2.61. The molecule has 0 bridgehead atoms. The maximum absolute atomic E-state index is 11.6. The highest BCUT2D eigenvalue weighted by molar-refractivity contribution is 5.67. The number of aldehydes is 1. The van der Waals surface area contributed by atoms with Crippen LogP contribution in [0.3, 0.4) is 0 Å². The number of esters is 1. The predicted molar refractivity (Wildman–Crippen MR) is 98.2 cm³/mol. The van der Waals surface area contributed by atoms with E-state index in [0.717, 1.165) is 5.57 Å². The first-order chi connectivity index (χ1) is 12.0. The molecule has 0 amide bonds. The van der Waals surface area contributed by atoms with Crippen LogP contribution in [0.25, 0.3) is 0 Å². The third kappa shape index (κ3) is 5.02. The average Bonchev–Trinajstić information content (AvgIpc) is 2.54. The van der Waals surface area contributed by atoms with Crippen molar-refractivity contribution in [2.75, 3.05) is 0 Å². The van der Waals surface area contributed by atoms with E-state index in [0.29, 0.717) is 19.1 Å². The second-order valence-electron chi connectivity index (χ2n) is 7.76. The topological polar surface area (TPSA) is 93.1 Å². The van der Waals surface area contributed by atoms with Crippen LogP contribution in [0.5, 0.6) is 0 Å². The number of carbonyl (C=O) groups excluding carboxylic acids is 2. The zero-order chi connectivity index (χ0) is 20.1. The third-order valence-corrected chi connectivity index (χ3v) is 4.95. The summed E-state index contributed by atoms with van der Waals surface area (Å²) >= 11 is 0. The smallest absolute Gasteiger partial charge is 0.303 e. The molecule has 0 aromatic rings. The number of aliphatic hydroxyl groups is 2. The van der Waals surface area contributed by atoms with Gasteiger partial charge in [0.2, 0.25) is 5.79 Å². The van der Waals surface area contributed by atoms with E-state index in [1.807, 2.05) is 20.8 Å². The molecule has 1 saturated heterocycles. The van der Waals surface area contributed by atoms with E-state index in [2.05, 4.69) is 0 Å². The molecule has 0 radical (unpaired) electrons. The molecule has 1 fully saturated rings. The highest BCUT2D eigenvalue weighted by atomic mass is 16.7. The van der Waals surface area contributed by atoms with E-state index >= 15 is 0 Å². The van der Waals surface area contributed by atoms with Crippen LogP contribution in [0.2, 0.25) is 0 Å². The van der Waals surface area contributed by atoms with Gasteiger partial charge in [-0.05, 0) is 30.9 Å². The van der Waals surface area contributed by atoms with Crippen molar-refractivity contribution in [3.8, 4) is 0 Å². The molecule has 1 heterocycles. The highest BCUT2D eigenvalue weighted by Crippen LogP contribution is 2.46. The molecule has 0 aromatic carbocycles. The fraction of sp³-hybridized carbons (Fsp3) is 0.700. The minimum absolute atomic E-state index is 0.0508. The van der Waals surface area contributed by atoms with Gasteiger partial charge in [-0.1, -0.05) is 39.8 Å². The lowest BCUT2D eigenvalue weighted by Gasteiger charge is -2.50. The van der Waals surface area contributed by atoms with Crippen LogP contribution in [-0.4, -0.2) is 46.6 Å². The predicted octanol–water partition coefficient (Wildman–Crippen LogP) is 2.53. The van der Waals surface area contributed by atoms with Crippen molar-refractivity contribution in [1.82, 2.24) is 0 Å². The lowest BCUT2D eigenvalue weighted by molar-refractivity contribution is -0.327. The van der Waals surface area contributed by atoms with Gasteiger partial charge in [0.05, 0.1) is 12.2 Å². The molecule has 0 aliphatic carbocycles. The molecular formula is C20H32O6. The molecule has 1 rings (SSSR count). The number of hydrogen-bond acceptors (Lipinski definition) is 6. The number of carbonyl (C=O) groups is 2. The highest BCUT2D eigenvalue weighted by Gasteiger charge is 2.56. The summed E-state index contributed by atoms with van der Waals surface area (Å²) in [6.07, 6.45) is 4.00. The van der Waals surface area contributed by atoms with E-state index in [4.69, 9.17) is 9.47 Å². The van der Waals surface area contributed by atoms with E-state index in [1.54, 1.807) is 19.9 Å². The van der Waals surface area contributed by atoms with Crippen LogP contribution in [0.1, 0.15) is 54.4 Å². The van der Waals surface area contributed by atoms with Crippen LogP contribution >= 0.6 is 0 Å². The summed E-state index contributed by atoms with van der Waals surface area (Å²) in [5, 5.41) is 21.7. The van der Waals surface area contributed by atoms with Crippen LogP contribution < -0.4 is 0 Å². The first kappa shape index (κ1) is 22.5. The Labute approximate surface area is 155 Å². The van der Waals surface area contributed by atoms with Gasteiger partial charge < -0.3 is 19.7 Å². The zero-order valence-electron chi connectivity index (χ0n) is 16.6. The van der Waals surface area contributed by atoms with Crippen LogP contribution in [-0.2, 0) is 19.1 Å². The van der Waals surface area contributed by atoms with Gasteiger partial charge in [0.25, 0.3) is 0 Å². The molecule has 6 nitrogen and oxygen atoms in total. The molecule has 26 heavy (non-hydrogen) atoms. The summed E-state index contributed by atoms with van der Waals surface area (Å²) in [6, 6.07) is 0. The number of rotatable bonds is 7. The largest absolute Gasteiger partial charge is 0.452 e. The second-order valence-corrected chi connectivity index (χ2v) is 7.76. The van der Waals surface area contributed by atoms with Gasteiger partial charge in [0, 0.05) is 18.8 Å². The normalized spacial score (nSPS) is 30.0. The summed E-state index contributed by atoms with van der Waals surface area (Å²) in [5.41, 5.74) is -0.300. The molecule has 1 aliphatic heterocycles. The van der Waals surface area contributed by atoms with E-state index in [-0.39, 0.29) is 5.92 Å². The van der Waals surface area contributed by atoms with Crippen LogP contribution in [0.15, 0.2) is 23.8 Å². The summed E-state index contributed by atoms with van der Waals surface area (Å²) in [4.78, 5) is 22.4. The first-order valence-corrected chi connectivity index (χ1v) is 9.02. The molecule has 1 unspecified atom stereocenters. The van der Waals surface area contributed by atoms with Crippen molar-refractivity contribution in [3.63, 3.8) is 0 Å². The summed E-state index contributed by atoms with van der Waals surface area (Å²) in [6.45, 7) is 10.3. The van der Waals surface area contributed by atoms with Gasteiger partial charge in [-0.25, -0.2) is 0 Å². The van der Waals surface area contributed by atoms with Gasteiger partial charge in [0.15, 0.2) is 6.10 Å². The first-order valence-electron chi connectivity index (χ1n) is 9.02. The Morgan fingerprint density at radius 3 is 2.54 bits per heavy atom. The fourth-order valence-corrected chi connectivity index (χ4v) is 3.13. The third-order valence-electron chi connectivity index (χ3n) is 4.95. The van der Waals surface area contributed by atoms with Gasteiger partial charge >= 0.3 is 5.97 Å². The SMILES string of the molecule is C/C=C1\C[C@@H](C[C@@H](O)C(C)C)O[C@@](O)(C(C)(C)/C=C/C=O)C1OC(C)=O. The molecule has 2 N–H and O–H groups in total. The van der Waals surface area contributed by atoms with Crippen molar-refractivity contribution in [1.29, 1.82) is 0 Å². The van der Waals surface area contributed by atoms with Gasteiger partial charge in [-0.15, -0.1) is 0 Å². The Balaban J connectivity index is 3.32. The minimum atomic E-state index is -1.88. The quantitative estimate of drug-likeness (QED) is 0.310. The summed E-state index contributed by atoms with van der Waals surface area (Å²) in [5.74, 6) is -2.36. The Morgan fingerprint density at radius 2 is 2.08 bits per heavy atom. The Kier molecular flexibility index (Phi) is 7.74. The van der Waals surface area contributed by atoms with Crippen molar-refractivity contribution >= 4 is 12.3 Å². The van der Waals surface area contributed by atoms with Crippen LogP contribution in [0, 0.1) is 11.3 Å². The van der Waals surface area contributed by atoms with Gasteiger partial charge in [-0.3, -0.25) is 9.59 Å². The van der Waals surface area contributed by atoms with E-state index in [1.165, 1.54) is 19.1 Å². The Morgan fingerprint density at radius 1 is 1.46 bits per heavy atom. The summed E-state index contributed by atoms with van der Waals surface area (Å²) in [7, 11) is 0. The number of aliphatic hydroxyl groups excluding tert-OH is 1. The molecule has 0 spiro atoms. The molecule has 4 atom stereocenters.